The van der Waals surface area contributed by atoms with E-state index < -0.39 is 24.0 Å². The first-order chi connectivity index (χ1) is 22.3. The molecule has 236 valence electrons. The quantitative estimate of drug-likeness (QED) is 0.123. The van der Waals surface area contributed by atoms with Gasteiger partial charge in [0.15, 0.2) is 6.10 Å². The lowest BCUT2D eigenvalue weighted by Gasteiger charge is -2.32. The number of fused-ring (bicyclic) bond motifs is 1. The third kappa shape index (κ3) is 7.02. The van der Waals surface area contributed by atoms with Gasteiger partial charge in [0.25, 0.3) is 0 Å². The van der Waals surface area contributed by atoms with Crippen molar-refractivity contribution in [1.82, 2.24) is 24.8 Å². The molecule has 0 spiro atoms. The van der Waals surface area contributed by atoms with E-state index in [2.05, 4.69) is 43.6 Å². The second-order valence-corrected chi connectivity index (χ2v) is 11.2. The molecule has 0 bridgehead atoms. The van der Waals surface area contributed by atoms with Crippen LogP contribution in [0.15, 0.2) is 84.1 Å². The van der Waals surface area contributed by atoms with E-state index >= 15 is 0 Å². The van der Waals surface area contributed by atoms with E-state index in [0.717, 1.165) is 52.9 Å². The molecular formula is C37H39N5O4. The molecule has 0 aliphatic carbocycles. The first kappa shape index (κ1) is 32.2. The predicted octanol–water partition coefficient (Wildman–Crippen LogP) is 6.46. The number of esters is 2. The van der Waals surface area contributed by atoms with Crippen molar-refractivity contribution < 1.29 is 19.1 Å². The van der Waals surface area contributed by atoms with Crippen LogP contribution in [0.2, 0.25) is 0 Å². The molecule has 1 aromatic carbocycles. The molecule has 9 nitrogen and oxygen atoms in total. The van der Waals surface area contributed by atoms with Crippen LogP contribution in [-0.4, -0.2) is 44.2 Å². The van der Waals surface area contributed by atoms with Crippen molar-refractivity contribution >= 4 is 28.7 Å². The molecule has 0 saturated carbocycles. The molecule has 2 atom stereocenters. The first-order valence-corrected chi connectivity index (χ1v) is 15.7. The van der Waals surface area contributed by atoms with Gasteiger partial charge in [0.2, 0.25) is 0 Å². The van der Waals surface area contributed by atoms with Crippen molar-refractivity contribution in [2.45, 2.75) is 66.4 Å². The van der Waals surface area contributed by atoms with Crippen LogP contribution in [0.5, 0.6) is 0 Å². The van der Waals surface area contributed by atoms with Gasteiger partial charge in [-0.3, -0.25) is 14.5 Å². The van der Waals surface area contributed by atoms with Gasteiger partial charge in [-0.2, -0.15) is 0 Å². The summed E-state index contributed by atoms with van der Waals surface area (Å²) in [6.07, 6.45) is 9.55. The van der Waals surface area contributed by atoms with Crippen LogP contribution in [0.3, 0.4) is 0 Å². The number of aryl methyl sites for hydroxylation is 1. The third-order valence-electron chi connectivity index (χ3n) is 7.90. The highest BCUT2D eigenvalue weighted by Gasteiger charge is 2.38. The number of carbonyl (C=O) groups is 2. The van der Waals surface area contributed by atoms with E-state index in [1.54, 1.807) is 44.7 Å². The molecule has 0 radical (unpaired) electrons. The molecule has 2 unspecified atom stereocenters. The lowest BCUT2D eigenvalue weighted by Crippen LogP contribution is -2.34. The Morgan fingerprint density at radius 1 is 0.978 bits per heavy atom. The van der Waals surface area contributed by atoms with E-state index in [1.807, 2.05) is 50.2 Å². The van der Waals surface area contributed by atoms with E-state index in [4.69, 9.17) is 9.47 Å². The maximum absolute atomic E-state index is 13.8. The number of pyridine rings is 2. The van der Waals surface area contributed by atoms with Gasteiger partial charge in [-0.05, 0) is 70.0 Å². The Morgan fingerprint density at radius 2 is 1.76 bits per heavy atom. The van der Waals surface area contributed by atoms with Gasteiger partial charge in [0, 0.05) is 41.5 Å². The van der Waals surface area contributed by atoms with E-state index in [0.29, 0.717) is 29.0 Å². The lowest BCUT2D eigenvalue weighted by molar-refractivity contribution is -0.142. The highest BCUT2D eigenvalue weighted by Crippen LogP contribution is 2.39. The fourth-order valence-electron chi connectivity index (χ4n) is 5.80. The summed E-state index contributed by atoms with van der Waals surface area (Å²) in [4.78, 5) is 40.4. The van der Waals surface area contributed by atoms with Crippen LogP contribution in [0.25, 0.3) is 22.4 Å². The number of nitrogens with zero attached hydrogens (tertiary/aromatic N) is 4. The van der Waals surface area contributed by atoms with E-state index in [-0.39, 0.29) is 6.61 Å². The minimum Gasteiger partial charge on any atom is -0.463 e. The number of hydrogen-bond donors (Lipinski definition) is 1. The summed E-state index contributed by atoms with van der Waals surface area (Å²) in [7, 11) is 0. The number of rotatable bonds is 10. The number of carbonyl (C=O) groups excluding carboxylic acids is 2. The van der Waals surface area contributed by atoms with Crippen molar-refractivity contribution in [3.05, 3.63) is 101 Å². The highest BCUT2D eigenvalue weighted by atomic mass is 16.5. The average Bonchev–Trinajstić information content (AvgIpc) is 3.39. The largest absolute Gasteiger partial charge is 0.463 e. The molecule has 9 heteroatoms. The van der Waals surface area contributed by atoms with Crippen LogP contribution >= 0.6 is 0 Å². The summed E-state index contributed by atoms with van der Waals surface area (Å²) in [6.45, 7) is 9.65. The van der Waals surface area contributed by atoms with Gasteiger partial charge in [-0.15, -0.1) is 0 Å². The maximum Gasteiger partial charge on any atom is 0.337 e. The average molecular weight is 618 g/mol. The second kappa shape index (κ2) is 14.7. The number of hydrogen-bond acceptors (Lipinski definition) is 8. The fraction of sp³-hybridized carbons (Fsp3) is 0.324. The molecule has 0 fully saturated rings. The lowest BCUT2D eigenvalue weighted by atomic mass is 9.80. The predicted molar refractivity (Wildman–Crippen MR) is 177 cm³/mol. The smallest absolute Gasteiger partial charge is 0.337 e. The number of allylic oxidation sites excluding steroid dienone is 1. The van der Waals surface area contributed by atoms with E-state index in [1.165, 1.54) is 0 Å². The van der Waals surface area contributed by atoms with Gasteiger partial charge in [-0.1, -0.05) is 50.2 Å². The monoisotopic (exact) mass is 617 g/mol. The molecule has 0 saturated heterocycles. The van der Waals surface area contributed by atoms with Crippen LogP contribution < -0.4 is 5.32 Å². The molecule has 46 heavy (non-hydrogen) atoms. The molecule has 0 amide bonds. The summed E-state index contributed by atoms with van der Waals surface area (Å²) in [5, 5.41) is 3.39. The standard InChI is InChI=1S/C37H39N5O4/c1-6-8-9-12-30-33(37(44)46-24(3)13-14-27-11-10-20-38-22-27)25(4)40-35(34(30)36(43)45-7-2)28-15-17-29(18-16-28)42-26(5)41-31-23-39-21-19-32(31)42/h10-11,15-24,30,40H,6-9,12H2,1-5H3. The van der Waals surface area contributed by atoms with Gasteiger partial charge < -0.3 is 14.8 Å². The van der Waals surface area contributed by atoms with Crippen LogP contribution in [0.1, 0.15) is 70.3 Å². The van der Waals surface area contributed by atoms with Crippen molar-refractivity contribution in [1.29, 1.82) is 0 Å². The Hall–Kier alpha value is -5.23. The molecule has 4 aromatic rings. The molecule has 4 heterocycles. The second-order valence-electron chi connectivity index (χ2n) is 11.2. The Bertz CT molecular complexity index is 1850. The molecule has 1 aliphatic heterocycles. The zero-order valence-corrected chi connectivity index (χ0v) is 27.0. The molecular weight excluding hydrogens is 578 g/mol. The molecule has 1 N–H and O–H groups in total. The number of benzene rings is 1. The molecule has 5 rings (SSSR count). The van der Waals surface area contributed by atoms with Crippen molar-refractivity contribution in [2.75, 3.05) is 6.61 Å². The first-order valence-electron chi connectivity index (χ1n) is 15.7. The number of ether oxygens (including phenoxy) is 2. The summed E-state index contributed by atoms with van der Waals surface area (Å²) in [5.41, 5.74) is 6.35. The zero-order chi connectivity index (χ0) is 32.6. The number of unbranched alkanes of at least 4 members (excludes halogenated alkanes) is 2. The Labute approximate surface area is 269 Å². The normalized spacial score (nSPS) is 15.2. The number of aromatic nitrogens is 4. The summed E-state index contributed by atoms with van der Waals surface area (Å²) in [5.74, 6) is 5.35. The zero-order valence-electron chi connectivity index (χ0n) is 27.0. The van der Waals surface area contributed by atoms with Gasteiger partial charge >= 0.3 is 11.9 Å². The summed E-state index contributed by atoms with van der Waals surface area (Å²) in [6, 6.07) is 13.5. The van der Waals surface area contributed by atoms with Crippen molar-refractivity contribution in [3.63, 3.8) is 0 Å². The molecule has 1 aliphatic rings. The minimum absolute atomic E-state index is 0.210. The van der Waals surface area contributed by atoms with Crippen LogP contribution in [-0.2, 0) is 19.1 Å². The minimum atomic E-state index is -0.674. The van der Waals surface area contributed by atoms with Crippen LogP contribution in [0, 0.1) is 24.7 Å². The Morgan fingerprint density at radius 3 is 2.48 bits per heavy atom. The highest BCUT2D eigenvalue weighted by molar-refractivity contribution is 6.03. The number of imidazole rings is 1. The Balaban J connectivity index is 1.51. The number of dihydropyridines is 1. The van der Waals surface area contributed by atoms with E-state index in [9.17, 15) is 9.59 Å². The number of nitrogens with one attached hydrogen (secondary N) is 1. The van der Waals surface area contributed by atoms with Crippen molar-refractivity contribution in [3.8, 4) is 17.5 Å². The fourth-order valence-corrected chi connectivity index (χ4v) is 5.80. The van der Waals surface area contributed by atoms with Gasteiger partial charge in [-0.25, -0.2) is 14.6 Å². The molecule has 3 aromatic heterocycles. The topological polar surface area (TPSA) is 108 Å². The Kier molecular flexibility index (Phi) is 10.3. The van der Waals surface area contributed by atoms with Gasteiger partial charge in [0.05, 0.1) is 35.2 Å². The maximum atomic E-state index is 13.8. The third-order valence-corrected chi connectivity index (χ3v) is 7.90. The van der Waals surface area contributed by atoms with Crippen molar-refractivity contribution in [2.24, 2.45) is 5.92 Å². The summed E-state index contributed by atoms with van der Waals surface area (Å²) < 4.78 is 13.5. The van der Waals surface area contributed by atoms with Crippen LogP contribution in [0.4, 0.5) is 0 Å². The SMILES string of the molecule is CCCCCC1C(C(=O)OC(C)C#Cc2cccnc2)=C(C)NC(c2ccc(-n3c(C)nc4cnccc43)cc2)=C1C(=O)OCC. The van der Waals surface area contributed by atoms with Gasteiger partial charge in [0.1, 0.15) is 11.3 Å². The summed E-state index contributed by atoms with van der Waals surface area (Å²) >= 11 is 0.